The fourth-order valence-corrected chi connectivity index (χ4v) is 2.18. The number of anilines is 2. The zero-order chi connectivity index (χ0) is 12.4. The Bertz CT molecular complexity index is 449. The molecule has 4 nitrogen and oxygen atoms in total. The van der Waals surface area contributed by atoms with Crippen LogP contribution in [0.2, 0.25) is 0 Å². The molecule has 1 aliphatic heterocycles. The maximum Gasteiger partial charge on any atom is 0.0992 e. The Hall–Kier alpha value is -1.73. The summed E-state index contributed by atoms with van der Waals surface area (Å²) in [4.78, 5) is 4.64. The molecule has 1 aromatic rings. The molecule has 1 heterocycles. The summed E-state index contributed by atoms with van der Waals surface area (Å²) in [5, 5.41) is 8.81. The Balaban J connectivity index is 2.21. The van der Waals surface area contributed by atoms with E-state index in [0.717, 1.165) is 25.3 Å². The van der Waals surface area contributed by atoms with E-state index in [1.807, 2.05) is 12.1 Å². The van der Waals surface area contributed by atoms with Crippen LogP contribution in [-0.2, 0) is 0 Å². The minimum absolute atomic E-state index is 0.527. The summed E-state index contributed by atoms with van der Waals surface area (Å²) >= 11 is 0. The number of hydrogen-bond acceptors (Lipinski definition) is 4. The van der Waals surface area contributed by atoms with Crippen LogP contribution in [0.4, 0.5) is 11.4 Å². The van der Waals surface area contributed by atoms with E-state index in [1.165, 1.54) is 0 Å². The van der Waals surface area contributed by atoms with E-state index in [0.29, 0.717) is 17.3 Å². The number of nitrogens with zero attached hydrogens (tertiary/aromatic N) is 3. The van der Waals surface area contributed by atoms with Crippen LogP contribution in [0.25, 0.3) is 0 Å². The fraction of sp³-hybridized carbons (Fsp3) is 0.462. The van der Waals surface area contributed by atoms with E-state index >= 15 is 0 Å². The molecule has 0 amide bonds. The van der Waals surface area contributed by atoms with Crippen LogP contribution < -0.4 is 10.6 Å². The van der Waals surface area contributed by atoms with Crippen molar-refractivity contribution < 1.29 is 0 Å². The Morgan fingerprint density at radius 3 is 2.76 bits per heavy atom. The van der Waals surface area contributed by atoms with Crippen LogP contribution in [0.5, 0.6) is 0 Å². The molecule has 1 atom stereocenters. The lowest BCUT2D eigenvalue weighted by Gasteiger charge is -2.39. The molecule has 0 aromatic heterocycles. The molecule has 0 aliphatic carbocycles. The quantitative estimate of drug-likeness (QED) is 0.738. The van der Waals surface area contributed by atoms with Crippen LogP contribution >= 0.6 is 0 Å². The van der Waals surface area contributed by atoms with Gasteiger partial charge in [0, 0.05) is 25.7 Å². The summed E-state index contributed by atoms with van der Waals surface area (Å²) in [7, 11) is 2.14. The number of hydrogen-bond donors (Lipinski definition) is 1. The highest BCUT2D eigenvalue weighted by Crippen LogP contribution is 2.26. The first-order valence-electron chi connectivity index (χ1n) is 5.86. The standard InChI is InChI=1S/C13H18N4/c1-10-9-17(6-5-16(10)2)13-4-3-11(8-14)7-12(13)15/h3-4,7,10H,5-6,9,15H2,1-2H3. The number of rotatable bonds is 1. The zero-order valence-electron chi connectivity index (χ0n) is 10.3. The molecule has 1 unspecified atom stereocenters. The van der Waals surface area contributed by atoms with Crippen LogP contribution in [0.15, 0.2) is 18.2 Å². The molecule has 1 aliphatic rings. The first-order chi connectivity index (χ1) is 8.11. The van der Waals surface area contributed by atoms with Gasteiger partial charge in [-0.25, -0.2) is 0 Å². The zero-order valence-corrected chi connectivity index (χ0v) is 10.3. The Labute approximate surface area is 102 Å². The Kier molecular flexibility index (Phi) is 3.21. The normalized spacial score (nSPS) is 21.2. The van der Waals surface area contributed by atoms with Crippen LogP contribution in [0.3, 0.4) is 0 Å². The second-order valence-electron chi connectivity index (χ2n) is 4.66. The van der Waals surface area contributed by atoms with Crippen LogP contribution in [-0.4, -0.2) is 37.6 Å². The average Bonchev–Trinajstić information content (AvgIpc) is 2.32. The molecule has 2 rings (SSSR count). The third-order valence-corrected chi connectivity index (χ3v) is 3.46. The SMILES string of the molecule is CC1CN(c2ccc(C#N)cc2N)CCN1C. The van der Waals surface area contributed by atoms with Crippen molar-refractivity contribution in [2.75, 3.05) is 37.3 Å². The van der Waals surface area contributed by atoms with Gasteiger partial charge in [0.25, 0.3) is 0 Å². The van der Waals surface area contributed by atoms with Gasteiger partial charge < -0.3 is 15.5 Å². The van der Waals surface area contributed by atoms with Crippen LogP contribution in [0, 0.1) is 11.3 Å². The van der Waals surface area contributed by atoms with Crippen molar-refractivity contribution in [3.8, 4) is 6.07 Å². The van der Waals surface area contributed by atoms with E-state index < -0.39 is 0 Å². The molecule has 2 N–H and O–H groups in total. The van der Waals surface area contributed by atoms with Gasteiger partial charge in [-0.3, -0.25) is 0 Å². The Morgan fingerprint density at radius 1 is 1.41 bits per heavy atom. The van der Waals surface area contributed by atoms with E-state index in [2.05, 4.69) is 29.8 Å². The summed E-state index contributed by atoms with van der Waals surface area (Å²) < 4.78 is 0. The number of piperazine rings is 1. The van der Waals surface area contributed by atoms with Crippen molar-refractivity contribution in [1.82, 2.24) is 4.90 Å². The lowest BCUT2D eigenvalue weighted by molar-refractivity contribution is 0.234. The maximum absolute atomic E-state index is 8.81. The molecule has 0 radical (unpaired) electrons. The molecule has 4 heteroatoms. The van der Waals surface area contributed by atoms with Crippen molar-refractivity contribution in [3.63, 3.8) is 0 Å². The molecule has 17 heavy (non-hydrogen) atoms. The van der Waals surface area contributed by atoms with Gasteiger partial charge >= 0.3 is 0 Å². The molecular formula is C13H18N4. The van der Waals surface area contributed by atoms with Gasteiger partial charge in [-0.1, -0.05) is 0 Å². The molecule has 0 bridgehead atoms. The van der Waals surface area contributed by atoms with Gasteiger partial charge in [0.15, 0.2) is 0 Å². The van der Waals surface area contributed by atoms with Gasteiger partial charge in [-0.2, -0.15) is 5.26 Å². The molecular weight excluding hydrogens is 212 g/mol. The summed E-state index contributed by atoms with van der Waals surface area (Å²) in [5.41, 5.74) is 8.36. The molecule has 0 saturated carbocycles. The monoisotopic (exact) mass is 230 g/mol. The van der Waals surface area contributed by atoms with Crippen molar-refractivity contribution in [3.05, 3.63) is 23.8 Å². The summed E-state index contributed by atoms with van der Waals surface area (Å²) in [6.45, 7) is 5.22. The van der Waals surface area contributed by atoms with E-state index in [1.54, 1.807) is 6.07 Å². The highest BCUT2D eigenvalue weighted by Gasteiger charge is 2.21. The highest BCUT2D eigenvalue weighted by atomic mass is 15.3. The topological polar surface area (TPSA) is 56.3 Å². The predicted octanol–water partition coefficient (Wildman–Crippen LogP) is 1.28. The van der Waals surface area contributed by atoms with Crippen molar-refractivity contribution in [2.45, 2.75) is 13.0 Å². The second kappa shape index (κ2) is 4.64. The van der Waals surface area contributed by atoms with Gasteiger partial charge in [0.05, 0.1) is 23.0 Å². The second-order valence-corrected chi connectivity index (χ2v) is 4.66. The molecule has 1 aromatic carbocycles. The largest absolute Gasteiger partial charge is 0.397 e. The summed E-state index contributed by atoms with van der Waals surface area (Å²) in [6.07, 6.45) is 0. The highest BCUT2D eigenvalue weighted by molar-refractivity contribution is 5.69. The predicted molar refractivity (Wildman–Crippen MR) is 69.9 cm³/mol. The Morgan fingerprint density at radius 2 is 2.18 bits per heavy atom. The van der Waals surface area contributed by atoms with Crippen molar-refractivity contribution in [2.24, 2.45) is 0 Å². The van der Waals surface area contributed by atoms with E-state index in [-0.39, 0.29) is 0 Å². The van der Waals surface area contributed by atoms with Gasteiger partial charge in [0.1, 0.15) is 0 Å². The fourth-order valence-electron chi connectivity index (χ4n) is 2.18. The number of nitriles is 1. The van der Waals surface area contributed by atoms with Crippen molar-refractivity contribution in [1.29, 1.82) is 5.26 Å². The lowest BCUT2D eigenvalue weighted by Crippen LogP contribution is -2.50. The number of likely N-dealkylation sites (N-methyl/N-ethyl adjacent to an activating group) is 1. The summed E-state index contributed by atoms with van der Waals surface area (Å²) in [6, 6.07) is 8.16. The smallest absolute Gasteiger partial charge is 0.0992 e. The number of nitrogen functional groups attached to an aromatic ring is 1. The number of nitrogens with two attached hydrogens (primary N) is 1. The first kappa shape index (κ1) is 11.7. The molecule has 1 saturated heterocycles. The van der Waals surface area contributed by atoms with E-state index in [9.17, 15) is 0 Å². The third-order valence-electron chi connectivity index (χ3n) is 3.46. The average molecular weight is 230 g/mol. The lowest BCUT2D eigenvalue weighted by atomic mass is 10.1. The minimum atomic E-state index is 0.527. The van der Waals surface area contributed by atoms with Gasteiger partial charge in [-0.05, 0) is 32.2 Å². The number of benzene rings is 1. The van der Waals surface area contributed by atoms with Gasteiger partial charge in [-0.15, -0.1) is 0 Å². The van der Waals surface area contributed by atoms with Gasteiger partial charge in [0.2, 0.25) is 0 Å². The minimum Gasteiger partial charge on any atom is -0.397 e. The first-order valence-corrected chi connectivity index (χ1v) is 5.86. The van der Waals surface area contributed by atoms with Crippen LogP contribution in [0.1, 0.15) is 12.5 Å². The molecule has 90 valence electrons. The molecule has 0 spiro atoms. The van der Waals surface area contributed by atoms with Crippen molar-refractivity contribution >= 4 is 11.4 Å². The van der Waals surface area contributed by atoms with E-state index in [4.69, 9.17) is 11.0 Å². The molecule has 1 fully saturated rings. The maximum atomic E-state index is 8.81. The third kappa shape index (κ3) is 2.34. The summed E-state index contributed by atoms with van der Waals surface area (Å²) in [5.74, 6) is 0.